The fourth-order valence-electron chi connectivity index (χ4n) is 5.95. The highest BCUT2D eigenvalue weighted by Gasteiger charge is 2.61. The molecule has 0 fully saturated rings. The predicted molar refractivity (Wildman–Crippen MR) is 174 cm³/mol. The molecule has 1 amide bonds. The lowest BCUT2D eigenvalue weighted by molar-refractivity contribution is -0.147. The summed E-state index contributed by atoms with van der Waals surface area (Å²) in [5.74, 6) is -2.10. The van der Waals surface area contributed by atoms with Crippen LogP contribution < -0.4 is 14.4 Å². The molecule has 4 aromatic rings. The second kappa shape index (κ2) is 12.6. The first-order chi connectivity index (χ1) is 21.5. The SMILES string of the molecule is CCOC(=O)C[C@@]1(NS(=O)C(C)(C)C)C(=O)N(C(c2ccccc2)(c2ccccc2)c2ccccc2)c2cc(OC)c(F)cc21. The Bertz CT molecular complexity index is 1610. The lowest BCUT2D eigenvalue weighted by atomic mass is 9.75. The van der Waals surface area contributed by atoms with Crippen molar-refractivity contribution in [1.29, 1.82) is 0 Å². The Kier molecular flexibility index (Phi) is 8.96. The number of rotatable bonds is 10. The molecule has 1 heterocycles. The van der Waals surface area contributed by atoms with Crippen molar-refractivity contribution < 1.29 is 27.7 Å². The van der Waals surface area contributed by atoms with Gasteiger partial charge in [-0.15, -0.1) is 0 Å². The average Bonchev–Trinajstić information content (AvgIpc) is 3.24. The quantitative estimate of drug-likeness (QED) is 0.163. The second-order valence-corrected chi connectivity index (χ2v) is 13.8. The molecule has 2 atom stereocenters. The molecule has 0 radical (unpaired) electrons. The maximum absolute atomic E-state index is 15.7. The first-order valence-corrected chi connectivity index (χ1v) is 15.9. The minimum absolute atomic E-state index is 0.0704. The Morgan fingerprint density at radius 1 is 0.889 bits per heavy atom. The normalized spacial score (nSPS) is 17.1. The Balaban J connectivity index is 1.94. The number of esters is 1. The van der Waals surface area contributed by atoms with Crippen LogP contribution in [0.2, 0.25) is 0 Å². The summed E-state index contributed by atoms with van der Waals surface area (Å²) in [7, 11) is -0.512. The number of carbonyl (C=O) groups excluding carboxylic acids is 2. The van der Waals surface area contributed by atoms with E-state index in [2.05, 4.69) is 4.72 Å². The molecule has 234 valence electrons. The fourth-order valence-corrected chi connectivity index (χ4v) is 6.84. The van der Waals surface area contributed by atoms with Crippen molar-refractivity contribution >= 4 is 28.5 Å². The van der Waals surface area contributed by atoms with Gasteiger partial charge in [0.05, 0.1) is 41.6 Å². The molecule has 1 aliphatic heterocycles. The maximum atomic E-state index is 15.7. The van der Waals surface area contributed by atoms with Gasteiger partial charge in [-0.2, -0.15) is 0 Å². The van der Waals surface area contributed by atoms with Gasteiger partial charge >= 0.3 is 5.97 Å². The summed E-state index contributed by atoms with van der Waals surface area (Å²) in [6.45, 7) is 6.99. The smallest absolute Gasteiger partial charge is 0.308 e. The molecule has 0 saturated heterocycles. The van der Waals surface area contributed by atoms with E-state index in [1.54, 1.807) is 32.6 Å². The summed E-state index contributed by atoms with van der Waals surface area (Å²) < 4.78 is 42.5. The number of nitrogens with zero attached hydrogens (tertiary/aromatic N) is 1. The lowest BCUT2D eigenvalue weighted by Crippen LogP contribution is -2.59. The summed E-state index contributed by atoms with van der Waals surface area (Å²) in [6.07, 6.45) is -0.523. The van der Waals surface area contributed by atoms with Gasteiger partial charge in [-0.25, -0.2) is 13.3 Å². The standard InChI is InChI=1S/C36H37FN2O5S/c1-6-44-32(40)24-35(38-45(42)34(2,3)4)28-22-29(37)31(43-5)23-30(28)39(33(35)41)36(25-16-10-7-11-17-25,26-18-12-8-13-19-26)27-20-14-9-15-21-27/h7-23,38H,6,24H2,1-5H3/t35-,45?/m0/s1. The fraction of sp³-hybridized carbons (Fsp3) is 0.278. The Morgan fingerprint density at radius 2 is 1.38 bits per heavy atom. The lowest BCUT2D eigenvalue weighted by Gasteiger charge is -2.45. The molecule has 0 saturated carbocycles. The van der Waals surface area contributed by atoms with Crippen molar-refractivity contribution in [1.82, 2.24) is 4.72 Å². The molecule has 4 aromatic carbocycles. The van der Waals surface area contributed by atoms with Crippen LogP contribution in [0, 0.1) is 5.82 Å². The van der Waals surface area contributed by atoms with E-state index in [1.807, 2.05) is 91.0 Å². The van der Waals surface area contributed by atoms with Crippen LogP contribution in [0.1, 0.15) is 56.4 Å². The van der Waals surface area contributed by atoms with Crippen LogP contribution in [-0.4, -0.2) is 34.5 Å². The second-order valence-electron chi connectivity index (χ2n) is 11.8. The van der Waals surface area contributed by atoms with Crippen molar-refractivity contribution in [2.75, 3.05) is 18.6 Å². The number of nitrogens with one attached hydrogen (secondary N) is 1. The molecule has 45 heavy (non-hydrogen) atoms. The maximum Gasteiger partial charge on any atom is 0.308 e. The molecule has 7 nitrogen and oxygen atoms in total. The Hall–Kier alpha value is -4.34. The number of methoxy groups -OCH3 is 1. The van der Waals surface area contributed by atoms with E-state index in [-0.39, 0.29) is 17.9 Å². The number of anilines is 1. The highest BCUT2D eigenvalue weighted by atomic mass is 32.2. The molecule has 5 rings (SSSR count). The van der Waals surface area contributed by atoms with Crippen LogP contribution in [0.4, 0.5) is 10.1 Å². The molecule has 0 aromatic heterocycles. The molecular formula is C36H37FN2O5S. The molecule has 0 aliphatic carbocycles. The van der Waals surface area contributed by atoms with Crippen molar-refractivity contribution in [2.45, 2.75) is 49.9 Å². The van der Waals surface area contributed by atoms with Crippen molar-refractivity contribution in [2.24, 2.45) is 0 Å². The Labute approximate surface area is 266 Å². The minimum atomic E-state index is -1.95. The third-order valence-corrected chi connectivity index (χ3v) is 9.63. The third-order valence-electron chi connectivity index (χ3n) is 7.99. The molecule has 0 bridgehead atoms. The molecule has 9 heteroatoms. The van der Waals surface area contributed by atoms with E-state index in [4.69, 9.17) is 9.47 Å². The zero-order chi connectivity index (χ0) is 32.4. The van der Waals surface area contributed by atoms with Crippen LogP contribution in [0.15, 0.2) is 103 Å². The summed E-state index contributed by atoms with van der Waals surface area (Å²) in [5.41, 5.74) is -0.575. The van der Waals surface area contributed by atoms with Gasteiger partial charge in [0.2, 0.25) is 0 Å². The minimum Gasteiger partial charge on any atom is -0.494 e. The topological polar surface area (TPSA) is 84.9 Å². The third kappa shape index (κ3) is 5.55. The van der Waals surface area contributed by atoms with E-state index in [0.29, 0.717) is 5.69 Å². The van der Waals surface area contributed by atoms with E-state index in [0.717, 1.165) is 16.7 Å². The number of carbonyl (C=O) groups is 2. The summed E-state index contributed by atoms with van der Waals surface area (Å²) in [5, 5.41) is 0. The van der Waals surface area contributed by atoms with Gasteiger partial charge in [-0.3, -0.25) is 14.5 Å². The van der Waals surface area contributed by atoms with Gasteiger partial charge in [0.25, 0.3) is 5.91 Å². The molecule has 1 N–H and O–H groups in total. The molecular weight excluding hydrogens is 591 g/mol. The van der Waals surface area contributed by atoms with Gasteiger partial charge in [-0.1, -0.05) is 91.0 Å². The van der Waals surface area contributed by atoms with E-state index >= 15 is 9.18 Å². The first-order valence-electron chi connectivity index (χ1n) is 14.7. The number of ether oxygens (including phenoxy) is 2. The van der Waals surface area contributed by atoms with Gasteiger partial charge in [0.1, 0.15) is 11.1 Å². The van der Waals surface area contributed by atoms with Crippen LogP contribution in [-0.2, 0) is 36.4 Å². The van der Waals surface area contributed by atoms with E-state index in [1.165, 1.54) is 19.2 Å². The average molecular weight is 629 g/mol. The predicted octanol–water partition coefficient (Wildman–Crippen LogP) is 6.37. The largest absolute Gasteiger partial charge is 0.494 e. The zero-order valence-electron chi connectivity index (χ0n) is 26.0. The van der Waals surface area contributed by atoms with Crippen molar-refractivity contribution in [3.8, 4) is 5.75 Å². The number of hydrogen-bond donors (Lipinski definition) is 1. The number of fused-ring (bicyclic) bond motifs is 1. The van der Waals surface area contributed by atoms with E-state index in [9.17, 15) is 9.00 Å². The number of halogens is 1. The molecule has 0 spiro atoms. The molecule has 1 aliphatic rings. The monoisotopic (exact) mass is 628 g/mol. The highest BCUT2D eigenvalue weighted by molar-refractivity contribution is 7.84. The zero-order valence-corrected chi connectivity index (χ0v) is 26.8. The number of benzene rings is 4. The van der Waals surface area contributed by atoms with Gasteiger partial charge in [0.15, 0.2) is 11.6 Å². The summed E-state index contributed by atoms with van der Waals surface area (Å²) in [4.78, 5) is 30.4. The number of hydrogen-bond acceptors (Lipinski definition) is 5. The van der Waals surface area contributed by atoms with Crippen molar-refractivity contribution in [3.63, 3.8) is 0 Å². The van der Waals surface area contributed by atoms with Crippen LogP contribution in [0.25, 0.3) is 0 Å². The first kappa shape index (κ1) is 32.1. The van der Waals surface area contributed by atoms with Crippen LogP contribution in [0.5, 0.6) is 5.75 Å². The van der Waals surface area contributed by atoms with Crippen LogP contribution in [0.3, 0.4) is 0 Å². The number of amides is 1. The summed E-state index contributed by atoms with van der Waals surface area (Å²) in [6, 6.07) is 31.3. The Morgan fingerprint density at radius 3 is 1.80 bits per heavy atom. The van der Waals surface area contributed by atoms with Gasteiger partial charge in [0, 0.05) is 11.6 Å². The van der Waals surface area contributed by atoms with Gasteiger partial charge in [-0.05, 0) is 50.5 Å². The summed E-state index contributed by atoms with van der Waals surface area (Å²) >= 11 is 0. The van der Waals surface area contributed by atoms with Crippen LogP contribution >= 0.6 is 0 Å². The van der Waals surface area contributed by atoms with E-state index < -0.39 is 50.9 Å². The van der Waals surface area contributed by atoms with Crippen molar-refractivity contribution in [3.05, 3.63) is 131 Å². The van der Waals surface area contributed by atoms with Gasteiger partial charge < -0.3 is 9.47 Å². The molecule has 1 unspecified atom stereocenters. The highest BCUT2D eigenvalue weighted by Crippen LogP contribution is 2.54.